The minimum atomic E-state index is -0.694. The number of para-hydroxylation sites is 1. The normalized spacial score (nSPS) is 15.8. The molecule has 0 aliphatic carbocycles. The molecule has 7 nitrogen and oxygen atoms in total. The highest BCUT2D eigenvalue weighted by molar-refractivity contribution is 5.97. The van der Waals surface area contributed by atoms with Crippen molar-refractivity contribution in [1.82, 2.24) is 14.9 Å². The highest BCUT2D eigenvalue weighted by atomic mass is 16.5. The number of fused-ring (bicyclic) bond motifs is 2. The average molecular weight is 365 g/mol. The van der Waals surface area contributed by atoms with Crippen molar-refractivity contribution in [3.8, 4) is 5.75 Å². The molecule has 0 saturated carbocycles. The summed E-state index contributed by atoms with van der Waals surface area (Å²) < 4.78 is 7.02. The zero-order chi connectivity index (χ0) is 19.0. The van der Waals surface area contributed by atoms with E-state index in [0.29, 0.717) is 36.2 Å². The average Bonchev–Trinajstić information content (AvgIpc) is 2.69. The molecule has 4 rings (SSSR count). The Morgan fingerprint density at radius 3 is 2.89 bits per heavy atom. The Labute approximate surface area is 154 Å². The predicted molar refractivity (Wildman–Crippen MR) is 101 cm³/mol. The summed E-state index contributed by atoms with van der Waals surface area (Å²) in [6.45, 7) is 2.71. The maximum atomic E-state index is 12.8. The lowest BCUT2D eigenvalue weighted by Gasteiger charge is -2.26. The van der Waals surface area contributed by atoms with Crippen molar-refractivity contribution in [2.75, 3.05) is 6.61 Å². The molecule has 1 aromatic heterocycles. The van der Waals surface area contributed by atoms with Crippen LogP contribution in [0.1, 0.15) is 35.3 Å². The number of H-pyrrole nitrogens is 1. The molecule has 0 radical (unpaired) electrons. The minimum absolute atomic E-state index is 0.137. The van der Waals surface area contributed by atoms with Gasteiger partial charge in [0.05, 0.1) is 23.7 Å². The fourth-order valence-electron chi connectivity index (χ4n) is 3.47. The molecule has 0 saturated heterocycles. The van der Waals surface area contributed by atoms with Crippen molar-refractivity contribution in [2.24, 2.45) is 0 Å². The molecule has 1 atom stereocenters. The molecule has 0 spiro atoms. The second-order valence-electron chi connectivity index (χ2n) is 6.44. The largest absolute Gasteiger partial charge is 0.493 e. The van der Waals surface area contributed by atoms with Gasteiger partial charge in [0.2, 0.25) is 0 Å². The van der Waals surface area contributed by atoms with Gasteiger partial charge < -0.3 is 19.6 Å². The second kappa shape index (κ2) is 6.75. The zero-order valence-electron chi connectivity index (χ0n) is 14.8. The molecule has 2 aromatic carbocycles. The number of benzene rings is 2. The monoisotopic (exact) mass is 365 g/mol. The summed E-state index contributed by atoms with van der Waals surface area (Å²) in [5.41, 5.74) is 1.13. The van der Waals surface area contributed by atoms with Crippen molar-refractivity contribution in [3.05, 3.63) is 74.3 Å². The van der Waals surface area contributed by atoms with E-state index in [1.807, 2.05) is 24.3 Å². The van der Waals surface area contributed by atoms with E-state index in [9.17, 15) is 14.4 Å². The standard InChI is InChI=1S/C20H19N3O4/c1-2-23-16-8-7-12(11-15(16)22-19(25)20(23)26)18(24)21-14-9-10-27-17-6-4-3-5-13(14)17/h3-8,11,14H,2,9-10H2,1H3,(H,21,24)(H,22,25). The number of aryl methyl sites for hydroxylation is 1. The third-order valence-electron chi connectivity index (χ3n) is 4.82. The van der Waals surface area contributed by atoms with Crippen LogP contribution in [0.25, 0.3) is 11.0 Å². The summed E-state index contributed by atoms with van der Waals surface area (Å²) in [5.74, 6) is 0.539. The van der Waals surface area contributed by atoms with Crippen molar-refractivity contribution >= 4 is 16.9 Å². The Kier molecular flexibility index (Phi) is 4.27. The molecule has 138 valence electrons. The number of ether oxygens (including phenoxy) is 1. The Balaban J connectivity index is 1.67. The molecular weight excluding hydrogens is 346 g/mol. The van der Waals surface area contributed by atoms with Gasteiger partial charge in [-0.2, -0.15) is 0 Å². The molecule has 1 amide bonds. The highest BCUT2D eigenvalue weighted by Crippen LogP contribution is 2.31. The van der Waals surface area contributed by atoms with E-state index in [4.69, 9.17) is 4.74 Å². The van der Waals surface area contributed by atoms with Gasteiger partial charge in [0.25, 0.3) is 5.91 Å². The quantitative estimate of drug-likeness (QED) is 0.694. The molecule has 1 aliphatic heterocycles. The van der Waals surface area contributed by atoms with E-state index in [1.54, 1.807) is 25.1 Å². The van der Waals surface area contributed by atoms with Crippen LogP contribution in [0.4, 0.5) is 0 Å². The van der Waals surface area contributed by atoms with Crippen LogP contribution < -0.4 is 21.2 Å². The van der Waals surface area contributed by atoms with Gasteiger partial charge >= 0.3 is 11.1 Å². The topological polar surface area (TPSA) is 93.2 Å². The molecule has 2 heterocycles. The molecule has 3 aromatic rings. The molecule has 2 N–H and O–H groups in total. The van der Waals surface area contributed by atoms with Crippen molar-refractivity contribution < 1.29 is 9.53 Å². The third kappa shape index (κ3) is 3.01. The van der Waals surface area contributed by atoms with Crippen LogP contribution in [0.5, 0.6) is 5.75 Å². The van der Waals surface area contributed by atoms with Gasteiger partial charge in [-0.3, -0.25) is 14.4 Å². The van der Waals surface area contributed by atoms with Crippen LogP contribution in [0.3, 0.4) is 0 Å². The number of carbonyl (C=O) groups is 1. The molecule has 27 heavy (non-hydrogen) atoms. The first-order valence-electron chi connectivity index (χ1n) is 8.88. The van der Waals surface area contributed by atoms with Gasteiger partial charge in [-0.15, -0.1) is 0 Å². The van der Waals surface area contributed by atoms with E-state index in [-0.39, 0.29) is 11.9 Å². The van der Waals surface area contributed by atoms with Gasteiger partial charge in [0.1, 0.15) is 5.75 Å². The Morgan fingerprint density at radius 2 is 2.07 bits per heavy atom. The van der Waals surface area contributed by atoms with Gasteiger partial charge in [-0.1, -0.05) is 18.2 Å². The summed E-state index contributed by atoms with van der Waals surface area (Å²) in [7, 11) is 0. The number of nitrogens with one attached hydrogen (secondary N) is 2. The Hall–Kier alpha value is -3.35. The van der Waals surface area contributed by atoms with Crippen LogP contribution in [-0.4, -0.2) is 22.1 Å². The first-order chi connectivity index (χ1) is 13.1. The maximum Gasteiger partial charge on any atom is 0.316 e. The SMILES string of the molecule is CCn1c(=O)c(=O)[nH]c2cc(C(=O)NC3CCOc4ccccc43)ccc21. The molecule has 0 fully saturated rings. The van der Waals surface area contributed by atoms with E-state index >= 15 is 0 Å². The molecule has 7 heteroatoms. The first kappa shape index (κ1) is 17.1. The molecular formula is C20H19N3O4. The van der Waals surface area contributed by atoms with E-state index < -0.39 is 11.1 Å². The summed E-state index contributed by atoms with van der Waals surface area (Å²) in [6.07, 6.45) is 0.683. The summed E-state index contributed by atoms with van der Waals surface area (Å²) >= 11 is 0. The molecule has 1 aliphatic rings. The van der Waals surface area contributed by atoms with Crippen molar-refractivity contribution in [3.63, 3.8) is 0 Å². The van der Waals surface area contributed by atoms with E-state index in [2.05, 4.69) is 10.3 Å². The summed E-state index contributed by atoms with van der Waals surface area (Å²) in [5, 5.41) is 3.03. The van der Waals surface area contributed by atoms with Crippen LogP contribution >= 0.6 is 0 Å². The van der Waals surface area contributed by atoms with Gasteiger partial charge in [-0.05, 0) is 31.2 Å². The van der Waals surface area contributed by atoms with Gasteiger partial charge in [0, 0.05) is 24.1 Å². The van der Waals surface area contributed by atoms with Crippen LogP contribution in [-0.2, 0) is 6.54 Å². The highest BCUT2D eigenvalue weighted by Gasteiger charge is 2.23. The summed E-state index contributed by atoms with van der Waals surface area (Å²) in [4.78, 5) is 39.1. The lowest BCUT2D eigenvalue weighted by Crippen LogP contribution is -2.36. The number of nitrogens with zero attached hydrogens (tertiary/aromatic N) is 1. The fraction of sp³-hybridized carbons (Fsp3) is 0.250. The number of aromatic nitrogens is 2. The lowest BCUT2D eigenvalue weighted by molar-refractivity contribution is 0.0925. The number of amides is 1. The second-order valence-corrected chi connectivity index (χ2v) is 6.44. The predicted octanol–water partition coefficient (Wildman–Crippen LogP) is 1.96. The summed E-state index contributed by atoms with van der Waals surface area (Å²) in [6, 6.07) is 12.4. The Morgan fingerprint density at radius 1 is 1.26 bits per heavy atom. The third-order valence-corrected chi connectivity index (χ3v) is 4.82. The number of rotatable bonds is 3. The molecule has 0 bridgehead atoms. The molecule has 1 unspecified atom stereocenters. The number of hydrogen-bond acceptors (Lipinski definition) is 4. The van der Waals surface area contributed by atoms with Crippen molar-refractivity contribution in [1.29, 1.82) is 0 Å². The number of carbonyl (C=O) groups excluding carboxylic acids is 1. The number of aromatic amines is 1. The Bertz CT molecular complexity index is 1150. The maximum absolute atomic E-state index is 12.8. The fourth-order valence-corrected chi connectivity index (χ4v) is 3.47. The first-order valence-corrected chi connectivity index (χ1v) is 8.88. The zero-order valence-corrected chi connectivity index (χ0v) is 14.8. The van der Waals surface area contributed by atoms with Crippen molar-refractivity contribution in [2.45, 2.75) is 25.9 Å². The van der Waals surface area contributed by atoms with Gasteiger partial charge in [-0.25, -0.2) is 0 Å². The number of hydrogen-bond donors (Lipinski definition) is 2. The van der Waals surface area contributed by atoms with Crippen LogP contribution in [0.15, 0.2) is 52.1 Å². The van der Waals surface area contributed by atoms with Gasteiger partial charge in [0.15, 0.2) is 0 Å². The van der Waals surface area contributed by atoms with Crippen LogP contribution in [0.2, 0.25) is 0 Å². The minimum Gasteiger partial charge on any atom is -0.493 e. The lowest BCUT2D eigenvalue weighted by atomic mass is 10.00. The smallest absolute Gasteiger partial charge is 0.316 e. The van der Waals surface area contributed by atoms with Crippen LogP contribution in [0, 0.1) is 0 Å². The van der Waals surface area contributed by atoms with E-state index in [1.165, 1.54) is 4.57 Å². The van der Waals surface area contributed by atoms with E-state index in [0.717, 1.165) is 11.3 Å².